The summed E-state index contributed by atoms with van der Waals surface area (Å²) in [6.07, 6.45) is 0. The number of phenols is 1. The number of likely N-dealkylation sites (tertiary alicyclic amines) is 1. The van der Waals surface area contributed by atoms with Gasteiger partial charge in [0, 0.05) is 46.5 Å². The second kappa shape index (κ2) is 8.05. The lowest BCUT2D eigenvalue weighted by molar-refractivity contribution is 0.323. The number of halogens is 2. The second-order valence-electron chi connectivity index (χ2n) is 7.12. The van der Waals surface area contributed by atoms with Crippen molar-refractivity contribution in [3.8, 4) is 5.75 Å². The Balaban J connectivity index is 1.69. The first kappa shape index (κ1) is 18.5. The third-order valence-electron chi connectivity index (χ3n) is 5.34. The van der Waals surface area contributed by atoms with Gasteiger partial charge in [0.1, 0.15) is 5.75 Å². The third kappa shape index (κ3) is 4.06. The summed E-state index contributed by atoms with van der Waals surface area (Å²) in [6.45, 7) is 2.72. The van der Waals surface area contributed by atoms with E-state index in [2.05, 4.69) is 63.3 Å². The maximum Gasteiger partial charge on any atom is 0.119 e. The fourth-order valence-electron chi connectivity index (χ4n) is 4.08. The van der Waals surface area contributed by atoms with Gasteiger partial charge in [-0.05, 0) is 35.4 Å². The molecular weight excluding hydrogens is 422 g/mol. The summed E-state index contributed by atoms with van der Waals surface area (Å²) in [5.41, 5.74) is 3.51. The van der Waals surface area contributed by atoms with Crippen LogP contribution in [0, 0.1) is 0 Å². The summed E-state index contributed by atoms with van der Waals surface area (Å²) in [5.74, 6) is 0.794. The van der Waals surface area contributed by atoms with Crippen molar-refractivity contribution in [3.05, 3.63) is 99.0 Å². The number of nitrogens with zero attached hydrogens (tertiary/aromatic N) is 1. The van der Waals surface area contributed by atoms with E-state index in [0.717, 1.165) is 29.7 Å². The average Bonchev–Trinajstić information content (AvgIpc) is 3.08. The van der Waals surface area contributed by atoms with E-state index in [0.29, 0.717) is 10.8 Å². The predicted octanol–water partition coefficient (Wildman–Crippen LogP) is 6.19. The molecule has 1 aliphatic heterocycles. The lowest BCUT2D eigenvalue weighted by atomic mass is 9.84. The van der Waals surface area contributed by atoms with Crippen LogP contribution >= 0.6 is 27.5 Å². The Morgan fingerprint density at radius 2 is 1.56 bits per heavy atom. The Morgan fingerprint density at radius 1 is 0.889 bits per heavy atom. The number of rotatable bonds is 4. The molecule has 0 bridgehead atoms. The number of benzene rings is 3. The van der Waals surface area contributed by atoms with Crippen LogP contribution in [0.25, 0.3) is 0 Å². The van der Waals surface area contributed by atoms with Crippen LogP contribution in [0.3, 0.4) is 0 Å². The maximum absolute atomic E-state index is 10.5. The predicted molar refractivity (Wildman–Crippen MR) is 114 cm³/mol. The Bertz CT molecular complexity index is 931. The minimum absolute atomic E-state index is 0.186. The molecule has 4 heteroatoms. The molecule has 138 valence electrons. The molecule has 1 aliphatic rings. The van der Waals surface area contributed by atoms with Gasteiger partial charge in [-0.3, -0.25) is 4.90 Å². The zero-order valence-electron chi connectivity index (χ0n) is 14.9. The quantitative estimate of drug-likeness (QED) is 0.520. The molecule has 0 unspecified atom stereocenters. The van der Waals surface area contributed by atoms with E-state index in [-0.39, 0.29) is 11.8 Å². The first-order valence-electron chi connectivity index (χ1n) is 9.11. The minimum Gasteiger partial charge on any atom is -0.508 e. The molecule has 0 aromatic heterocycles. The van der Waals surface area contributed by atoms with E-state index >= 15 is 0 Å². The number of aromatic hydroxyl groups is 1. The molecule has 27 heavy (non-hydrogen) atoms. The van der Waals surface area contributed by atoms with Crippen molar-refractivity contribution in [3.63, 3.8) is 0 Å². The lowest BCUT2D eigenvalue weighted by Crippen LogP contribution is -2.20. The number of hydrogen-bond acceptors (Lipinski definition) is 2. The zero-order valence-corrected chi connectivity index (χ0v) is 17.2. The molecule has 1 heterocycles. The largest absolute Gasteiger partial charge is 0.508 e. The van der Waals surface area contributed by atoms with Crippen molar-refractivity contribution in [2.24, 2.45) is 0 Å². The van der Waals surface area contributed by atoms with Crippen molar-refractivity contribution in [1.29, 1.82) is 0 Å². The highest BCUT2D eigenvalue weighted by Gasteiger charge is 2.37. The van der Waals surface area contributed by atoms with Crippen LogP contribution in [-0.2, 0) is 6.54 Å². The summed E-state index contributed by atoms with van der Waals surface area (Å²) in [7, 11) is 0. The van der Waals surface area contributed by atoms with Gasteiger partial charge >= 0.3 is 0 Å². The number of hydrogen-bond donors (Lipinski definition) is 1. The normalized spacial score (nSPS) is 20.1. The molecule has 1 saturated heterocycles. The fraction of sp³-hybridized carbons (Fsp3) is 0.217. The van der Waals surface area contributed by atoms with E-state index < -0.39 is 0 Å². The summed E-state index contributed by atoms with van der Waals surface area (Å²) in [5, 5.41) is 11.2. The number of phenolic OH excluding ortho intramolecular Hbond substituents is 1. The van der Waals surface area contributed by atoms with Crippen LogP contribution in [-0.4, -0.2) is 23.1 Å². The lowest BCUT2D eigenvalue weighted by Gasteiger charge is -2.21. The van der Waals surface area contributed by atoms with E-state index in [9.17, 15) is 5.11 Å². The second-order valence-corrected chi connectivity index (χ2v) is 8.41. The molecule has 0 amide bonds. The van der Waals surface area contributed by atoms with Gasteiger partial charge in [-0.15, -0.1) is 0 Å². The van der Waals surface area contributed by atoms with Crippen LogP contribution in [0.1, 0.15) is 28.5 Å². The van der Waals surface area contributed by atoms with E-state index in [1.165, 1.54) is 11.1 Å². The first-order valence-corrected chi connectivity index (χ1v) is 10.3. The Labute approximate surface area is 173 Å². The molecule has 1 N–H and O–H groups in total. The summed E-state index contributed by atoms with van der Waals surface area (Å²) < 4.78 is 1.11. The van der Waals surface area contributed by atoms with E-state index in [1.54, 1.807) is 12.1 Å². The van der Waals surface area contributed by atoms with Crippen molar-refractivity contribution in [1.82, 2.24) is 4.90 Å². The molecule has 3 aromatic rings. The van der Waals surface area contributed by atoms with Gasteiger partial charge in [0.05, 0.1) is 0 Å². The Kier molecular flexibility index (Phi) is 5.53. The van der Waals surface area contributed by atoms with Crippen LogP contribution in [0.4, 0.5) is 0 Å². The van der Waals surface area contributed by atoms with Gasteiger partial charge in [0.2, 0.25) is 0 Å². The topological polar surface area (TPSA) is 23.5 Å². The molecule has 0 aliphatic carbocycles. The highest BCUT2D eigenvalue weighted by atomic mass is 79.9. The molecule has 0 saturated carbocycles. The van der Waals surface area contributed by atoms with Crippen molar-refractivity contribution >= 4 is 27.5 Å². The standard InChI is InChI=1S/C23H21BrClNO/c24-22-9-5-4-8-18(22)20-14-26(13-16-6-2-1-3-7-16)15-21(20)19-12-17(25)10-11-23(19)27/h1-12,20-21,27H,13-15H2/t20-,21-/m0/s1. The van der Waals surface area contributed by atoms with E-state index in [4.69, 9.17) is 11.6 Å². The molecule has 2 nitrogen and oxygen atoms in total. The van der Waals surface area contributed by atoms with Gasteiger partial charge < -0.3 is 5.11 Å². The molecule has 0 spiro atoms. The Hall–Kier alpha value is -1.81. The van der Waals surface area contributed by atoms with Gasteiger partial charge in [-0.1, -0.05) is 76.1 Å². The molecule has 0 radical (unpaired) electrons. The van der Waals surface area contributed by atoms with Crippen LogP contribution in [0.5, 0.6) is 5.75 Å². The van der Waals surface area contributed by atoms with Crippen molar-refractivity contribution in [2.45, 2.75) is 18.4 Å². The van der Waals surface area contributed by atoms with Gasteiger partial charge in [0.15, 0.2) is 0 Å². The van der Waals surface area contributed by atoms with Crippen LogP contribution in [0.2, 0.25) is 5.02 Å². The van der Waals surface area contributed by atoms with Gasteiger partial charge in [0.25, 0.3) is 0 Å². The minimum atomic E-state index is 0.186. The van der Waals surface area contributed by atoms with Gasteiger partial charge in [-0.2, -0.15) is 0 Å². The molecule has 1 fully saturated rings. The molecule has 2 atom stereocenters. The smallest absolute Gasteiger partial charge is 0.119 e. The summed E-state index contributed by atoms with van der Waals surface area (Å²) in [6, 6.07) is 24.3. The zero-order chi connectivity index (χ0) is 18.8. The van der Waals surface area contributed by atoms with Gasteiger partial charge in [-0.25, -0.2) is 0 Å². The highest BCUT2D eigenvalue weighted by molar-refractivity contribution is 9.10. The summed E-state index contributed by atoms with van der Waals surface area (Å²) in [4.78, 5) is 2.46. The molecule has 4 rings (SSSR count). The first-order chi connectivity index (χ1) is 13.1. The monoisotopic (exact) mass is 441 g/mol. The van der Waals surface area contributed by atoms with Crippen LogP contribution < -0.4 is 0 Å². The highest BCUT2D eigenvalue weighted by Crippen LogP contribution is 2.45. The maximum atomic E-state index is 10.5. The average molecular weight is 443 g/mol. The van der Waals surface area contributed by atoms with E-state index in [1.807, 2.05) is 18.2 Å². The fourth-order valence-corrected chi connectivity index (χ4v) is 4.84. The van der Waals surface area contributed by atoms with Crippen molar-refractivity contribution < 1.29 is 5.11 Å². The molecular formula is C23H21BrClNO. The Morgan fingerprint density at radius 3 is 2.30 bits per heavy atom. The third-order valence-corrected chi connectivity index (χ3v) is 6.30. The van der Waals surface area contributed by atoms with Crippen molar-refractivity contribution in [2.75, 3.05) is 13.1 Å². The summed E-state index contributed by atoms with van der Waals surface area (Å²) >= 11 is 9.97. The SMILES string of the molecule is Oc1ccc(Cl)cc1[C@@H]1CN(Cc2ccccc2)C[C@H]1c1ccccc1Br. The molecule has 3 aromatic carbocycles. The van der Waals surface area contributed by atoms with Crippen LogP contribution in [0.15, 0.2) is 77.3 Å².